The SMILES string of the molecule is CSc1cccc(S(=O)(=O)N2CCC(C(C)N)C2)c1. The molecule has 0 bridgehead atoms. The average Bonchev–Trinajstić information content (AvgIpc) is 2.89. The van der Waals surface area contributed by atoms with E-state index in [0.717, 1.165) is 11.3 Å². The normalized spacial score (nSPS) is 22.6. The molecule has 2 atom stereocenters. The number of rotatable bonds is 4. The first-order valence-corrected chi connectivity index (χ1v) is 9.01. The molecule has 0 saturated carbocycles. The third kappa shape index (κ3) is 3.13. The Hall–Kier alpha value is -0.560. The van der Waals surface area contributed by atoms with Crippen LogP contribution in [0.15, 0.2) is 34.1 Å². The first kappa shape index (κ1) is 14.8. The van der Waals surface area contributed by atoms with E-state index >= 15 is 0 Å². The van der Waals surface area contributed by atoms with Crippen LogP contribution in [0.25, 0.3) is 0 Å². The van der Waals surface area contributed by atoms with Gasteiger partial charge in [-0.15, -0.1) is 11.8 Å². The zero-order chi connectivity index (χ0) is 14.0. The standard InChI is InChI=1S/C13H20N2O2S2/c1-10(14)11-6-7-15(9-11)19(16,17)13-5-3-4-12(8-13)18-2/h3-5,8,10-11H,6-7,9,14H2,1-2H3. The quantitative estimate of drug-likeness (QED) is 0.861. The number of nitrogens with two attached hydrogens (primary N) is 1. The van der Waals surface area contributed by atoms with Gasteiger partial charge in [0.1, 0.15) is 0 Å². The van der Waals surface area contributed by atoms with Crippen LogP contribution < -0.4 is 5.73 Å². The Labute approximate surface area is 119 Å². The monoisotopic (exact) mass is 300 g/mol. The summed E-state index contributed by atoms with van der Waals surface area (Å²) < 4.78 is 26.6. The third-order valence-corrected chi connectivity index (χ3v) is 6.20. The van der Waals surface area contributed by atoms with Crippen molar-refractivity contribution in [3.63, 3.8) is 0 Å². The minimum absolute atomic E-state index is 0.0396. The topological polar surface area (TPSA) is 63.4 Å². The van der Waals surface area contributed by atoms with Crippen molar-refractivity contribution in [1.29, 1.82) is 0 Å². The second-order valence-electron chi connectivity index (χ2n) is 4.95. The summed E-state index contributed by atoms with van der Waals surface area (Å²) in [4.78, 5) is 1.34. The summed E-state index contributed by atoms with van der Waals surface area (Å²) >= 11 is 1.54. The Balaban J connectivity index is 2.23. The first-order valence-electron chi connectivity index (χ1n) is 6.35. The summed E-state index contributed by atoms with van der Waals surface area (Å²) in [5.74, 6) is 0.263. The van der Waals surface area contributed by atoms with Crippen LogP contribution in [0.3, 0.4) is 0 Å². The third-order valence-electron chi connectivity index (χ3n) is 3.61. The summed E-state index contributed by atoms with van der Waals surface area (Å²) in [6, 6.07) is 7.14. The van der Waals surface area contributed by atoms with Gasteiger partial charge in [0.25, 0.3) is 0 Å². The number of thioether (sulfide) groups is 1. The predicted molar refractivity (Wildman–Crippen MR) is 78.7 cm³/mol. The van der Waals surface area contributed by atoms with Crippen LogP contribution in [0.4, 0.5) is 0 Å². The van der Waals surface area contributed by atoms with Crippen LogP contribution >= 0.6 is 11.8 Å². The molecule has 1 aromatic rings. The molecule has 2 N–H and O–H groups in total. The van der Waals surface area contributed by atoms with Crippen molar-refractivity contribution in [3.05, 3.63) is 24.3 Å². The highest BCUT2D eigenvalue weighted by Gasteiger charge is 2.33. The molecule has 0 aliphatic carbocycles. The Kier molecular flexibility index (Phi) is 4.55. The van der Waals surface area contributed by atoms with Crippen molar-refractivity contribution in [2.45, 2.75) is 29.2 Å². The lowest BCUT2D eigenvalue weighted by Gasteiger charge is -2.18. The summed E-state index contributed by atoms with van der Waals surface area (Å²) in [5.41, 5.74) is 5.86. The molecule has 1 saturated heterocycles. The Bertz CT molecular complexity index is 543. The molecule has 0 amide bonds. The molecule has 1 aliphatic rings. The lowest BCUT2D eigenvalue weighted by molar-refractivity contribution is 0.429. The van der Waals surface area contributed by atoms with E-state index < -0.39 is 10.0 Å². The molecule has 1 heterocycles. The fraction of sp³-hybridized carbons (Fsp3) is 0.538. The van der Waals surface area contributed by atoms with Gasteiger partial charge in [0, 0.05) is 24.0 Å². The lowest BCUT2D eigenvalue weighted by Crippen LogP contribution is -2.33. The molecule has 19 heavy (non-hydrogen) atoms. The summed E-state index contributed by atoms with van der Waals surface area (Å²) in [7, 11) is -3.37. The van der Waals surface area contributed by atoms with Gasteiger partial charge >= 0.3 is 0 Å². The molecule has 0 aromatic heterocycles. The zero-order valence-electron chi connectivity index (χ0n) is 11.2. The zero-order valence-corrected chi connectivity index (χ0v) is 12.9. The van der Waals surface area contributed by atoms with Crippen LogP contribution in [0.1, 0.15) is 13.3 Å². The lowest BCUT2D eigenvalue weighted by atomic mass is 10.0. The summed E-state index contributed by atoms with van der Waals surface area (Å²) in [6.45, 7) is 3.04. The van der Waals surface area contributed by atoms with Gasteiger partial charge in [0.2, 0.25) is 10.0 Å². The van der Waals surface area contributed by atoms with E-state index in [1.165, 1.54) is 0 Å². The van der Waals surface area contributed by atoms with E-state index in [1.807, 2.05) is 19.2 Å². The molecule has 4 nitrogen and oxygen atoms in total. The maximum absolute atomic E-state index is 12.5. The van der Waals surface area contributed by atoms with E-state index in [9.17, 15) is 8.42 Å². The largest absolute Gasteiger partial charge is 0.328 e. The van der Waals surface area contributed by atoms with Crippen LogP contribution in [0.2, 0.25) is 0 Å². The molecule has 6 heteroatoms. The van der Waals surface area contributed by atoms with Gasteiger partial charge in [-0.3, -0.25) is 0 Å². The van der Waals surface area contributed by atoms with Crippen molar-refractivity contribution in [1.82, 2.24) is 4.31 Å². The van der Waals surface area contributed by atoms with Crippen LogP contribution in [0.5, 0.6) is 0 Å². The van der Waals surface area contributed by atoms with Gasteiger partial charge < -0.3 is 5.73 Å². The molecular weight excluding hydrogens is 280 g/mol. The summed E-state index contributed by atoms with van der Waals surface area (Å²) in [5, 5.41) is 0. The Morgan fingerprint density at radius 3 is 2.79 bits per heavy atom. The average molecular weight is 300 g/mol. The highest BCUT2D eigenvalue weighted by molar-refractivity contribution is 7.98. The number of benzene rings is 1. The van der Waals surface area contributed by atoms with Gasteiger partial charge in [-0.2, -0.15) is 4.31 Å². The van der Waals surface area contributed by atoms with Gasteiger partial charge in [0.05, 0.1) is 4.90 Å². The molecule has 2 rings (SSSR count). The van der Waals surface area contributed by atoms with Crippen molar-refractivity contribution in [2.24, 2.45) is 11.7 Å². The van der Waals surface area contributed by atoms with Crippen LogP contribution in [-0.4, -0.2) is 38.1 Å². The van der Waals surface area contributed by atoms with E-state index in [1.54, 1.807) is 34.3 Å². The van der Waals surface area contributed by atoms with Crippen molar-refractivity contribution in [3.8, 4) is 0 Å². The van der Waals surface area contributed by atoms with E-state index in [2.05, 4.69) is 0 Å². The molecule has 1 fully saturated rings. The molecule has 2 unspecified atom stereocenters. The number of hydrogen-bond donors (Lipinski definition) is 1. The molecule has 1 aromatic carbocycles. The molecule has 106 valence electrons. The van der Waals surface area contributed by atoms with Crippen molar-refractivity contribution >= 4 is 21.8 Å². The maximum atomic E-state index is 12.5. The summed E-state index contributed by atoms with van der Waals surface area (Å²) in [6.07, 6.45) is 2.78. The molecule has 1 aliphatic heterocycles. The molecule has 0 radical (unpaired) electrons. The number of nitrogens with zero attached hydrogens (tertiary/aromatic N) is 1. The van der Waals surface area contributed by atoms with Crippen molar-refractivity contribution < 1.29 is 8.42 Å². The van der Waals surface area contributed by atoms with Crippen LogP contribution in [0, 0.1) is 5.92 Å². The minimum Gasteiger partial charge on any atom is -0.328 e. The van der Waals surface area contributed by atoms with E-state index in [0.29, 0.717) is 18.0 Å². The van der Waals surface area contributed by atoms with Gasteiger partial charge in [-0.05, 0) is 43.7 Å². The first-order chi connectivity index (χ1) is 8.95. The highest BCUT2D eigenvalue weighted by atomic mass is 32.2. The number of hydrogen-bond acceptors (Lipinski definition) is 4. The fourth-order valence-corrected chi connectivity index (χ4v) is 4.40. The van der Waals surface area contributed by atoms with Crippen molar-refractivity contribution in [2.75, 3.05) is 19.3 Å². The maximum Gasteiger partial charge on any atom is 0.243 e. The van der Waals surface area contributed by atoms with Gasteiger partial charge in [-0.1, -0.05) is 6.07 Å². The van der Waals surface area contributed by atoms with Gasteiger partial charge in [-0.25, -0.2) is 8.42 Å². The Morgan fingerprint density at radius 2 is 2.21 bits per heavy atom. The smallest absolute Gasteiger partial charge is 0.243 e. The van der Waals surface area contributed by atoms with Gasteiger partial charge in [0.15, 0.2) is 0 Å². The molecule has 0 spiro atoms. The second-order valence-corrected chi connectivity index (χ2v) is 7.77. The second kappa shape index (κ2) is 5.83. The van der Waals surface area contributed by atoms with Crippen LogP contribution in [-0.2, 0) is 10.0 Å². The minimum atomic E-state index is -3.37. The van der Waals surface area contributed by atoms with E-state index in [4.69, 9.17) is 5.73 Å². The Morgan fingerprint density at radius 1 is 1.47 bits per heavy atom. The molecular formula is C13H20N2O2S2. The van der Waals surface area contributed by atoms with E-state index in [-0.39, 0.29) is 12.0 Å². The highest BCUT2D eigenvalue weighted by Crippen LogP contribution is 2.27. The number of sulfonamides is 1. The fourth-order valence-electron chi connectivity index (χ4n) is 2.31. The predicted octanol–water partition coefficient (Wildman–Crippen LogP) is 1.77.